The summed E-state index contributed by atoms with van der Waals surface area (Å²) in [6.07, 6.45) is 12.1. The number of allylic oxidation sites excluding steroid dienone is 4. The number of methoxy groups -OCH3 is 2. The number of ether oxygens (including phenoxy) is 2. The SMILES string of the molecule is COc1ccc(\C=C/C=C/C=C/c2ccc(OC)cc2)cc1. The van der Waals surface area contributed by atoms with Crippen molar-refractivity contribution in [3.8, 4) is 11.5 Å². The van der Waals surface area contributed by atoms with Crippen molar-refractivity contribution in [2.24, 2.45) is 0 Å². The van der Waals surface area contributed by atoms with Crippen molar-refractivity contribution in [1.82, 2.24) is 0 Å². The molecule has 0 heterocycles. The van der Waals surface area contributed by atoms with E-state index >= 15 is 0 Å². The fraction of sp³-hybridized carbons (Fsp3) is 0.100. The Morgan fingerprint density at radius 1 is 0.545 bits per heavy atom. The van der Waals surface area contributed by atoms with E-state index < -0.39 is 0 Å². The van der Waals surface area contributed by atoms with E-state index in [1.54, 1.807) is 14.2 Å². The van der Waals surface area contributed by atoms with Crippen LogP contribution in [0, 0.1) is 0 Å². The summed E-state index contributed by atoms with van der Waals surface area (Å²) in [5.41, 5.74) is 2.29. The smallest absolute Gasteiger partial charge is 0.118 e. The average molecular weight is 292 g/mol. The van der Waals surface area contributed by atoms with Gasteiger partial charge in [-0.15, -0.1) is 0 Å². The van der Waals surface area contributed by atoms with Gasteiger partial charge in [0.15, 0.2) is 0 Å². The van der Waals surface area contributed by atoms with Crippen LogP contribution in [0.5, 0.6) is 11.5 Å². The zero-order valence-electron chi connectivity index (χ0n) is 12.9. The zero-order chi connectivity index (χ0) is 15.6. The molecule has 0 atom stereocenters. The highest BCUT2D eigenvalue weighted by molar-refractivity contribution is 5.54. The standard InChI is InChI=1S/C20H20O2/c1-21-19-13-9-17(10-14-19)7-5-3-4-6-8-18-11-15-20(22-2)16-12-18/h3-16H,1-2H3/b4-3+,7-5-,8-6+. The lowest BCUT2D eigenvalue weighted by Gasteiger charge is -1.98. The molecule has 2 aromatic rings. The van der Waals surface area contributed by atoms with Gasteiger partial charge in [-0.1, -0.05) is 60.7 Å². The van der Waals surface area contributed by atoms with Gasteiger partial charge in [-0.2, -0.15) is 0 Å². The minimum atomic E-state index is 0.870. The van der Waals surface area contributed by atoms with Gasteiger partial charge < -0.3 is 9.47 Å². The topological polar surface area (TPSA) is 18.5 Å². The largest absolute Gasteiger partial charge is 0.497 e. The van der Waals surface area contributed by atoms with Crippen LogP contribution in [0.25, 0.3) is 12.2 Å². The van der Waals surface area contributed by atoms with E-state index in [2.05, 4.69) is 12.2 Å². The van der Waals surface area contributed by atoms with E-state index in [4.69, 9.17) is 9.47 Å². The summed E-state index contributed by atoms with van der Waals surface area (Å²) in [6.45, 7) is 0. The second kappa shape index (κ2) is 8.53. The molecule has 112 valence electrons. The molecule has 0 unspecified atom stereocenters. The normalized spacial score (nSPS) is 11.5. The third-order valence-corrected chi connectivity index (χ3v) is 3.14. The van der Waals surface area contributed by atoms with Crippen molar-refractivity contribution in [3.63, 3.8) is 0 Å². The molecular weight excluding hydrogens is 272 g/mol. The summed E-state index contributed by atoms with van der Waals surface area (Å²) in [6, 6.07) is 15.9. The summed E-state index contributed by atoms with van der Waals surface area (Å²) in [5.74, 6) is 1.74. The predicted molar refractivity (Wildman–Crippen MR) is 93.2 cm³/mol. The second-order valence-electron chi connectivity index (χ2n) is 4.65. The maximum absolute atomic E-state index is 5.13. The van der Waals surface area contributed by atoms with Crippen LogP contribution in [0.4, 0.5) is 0 Å². The number of hydrogen-bond acceptors (Lipinski definition) is 2. The van der Waals surface area contributed by atoms with Gasteiger partial charge in [0.2, 0.25) is 0 Å². The van der Waals surface area contributed by atoms with Crippen molar-refractivity contribution in [2.45, 2.75) is 0 Å². The summed E-state index contributed by atoms with van der Waals surface area (Å²) in [5, 5.41) is 0. The van der Waals surface area contributed by atoms with Gasteiger partial charge >= 0.3 is 0 Å². The Morgan fingerprint density at radius 2 is 0.909 bits per heavy atom. The molecule has 0 bridgehead atoms. The Balaban J connectivity index is 1.85. The van der Waals surface area contributed by atoms with Gasteiger partial charge in [-0.05, 0) is 35.4 Å². The first-order chi connectivity index (χ1) is 10.8. The molecule has 0 aliphatic carbocycles. The lowest BCUT2D eigenvalue weighted by Crippen LogP contribution is -1.81. The van der Waals surface area contributed by atoms with E-state index in [0.29, 0.717) is 0 Å². The van der Waals surface area contributed by atoms with Gasteiger partial charge in [-0.25, -0.2) is 0 Å². The van der Waals surface area contributed by atoms with Gasteiger partial charge in [0.1, 0.15) is 11.5 Å². The monoisotopic (exact) mass is 292 g/mol. The lowest BCUT2D eigenvalue weighted by molar-refractivity contribution is 0.414. The molecule has 0 saturated carbocycles. The molecule has 0 aliphatic heterocycles. The highest BCUT2D eigenvalue weighted by Gasteiger charge is 1.89. The van der Waals surface area contributed by atoms with Crippen LogP contribution < -0.4 is 9.47 Å². The fourth-order valence-corrected chi connectivity index (χ4v) is 1.89. The summed E-state index contributed by atoms with van der Waals surface area (Å²) in [7, 11) is 3.34. The maximum atomic E-state index is 5.13. The van der Waals surface area contributed by atoms with Crippen LogP contribution >= 0.6 is 0 Å². The van der Waals surface area contributed by atoms with E-state index in [0.717, 1.165) is 22.6 Å². The van der Waals surface area contributed by atoms with E-state index in [1.807, 2.05) is 72.8 Å². The molecule has 2 rings (SSSR count). The fourth-order valence-electron chi connectivity index (χ4n) is 1.89. The van der Waals surface area contributed by atoms with Crippen molar-refractivity contribution in [1.29, 1.82) is 0 Å². The van der Waals surface area contributed by atoms with E-state index in [-0.39, 0.29) is 0 Å². The molecule has 2 nitrogen and oxygen atoms in total. The highest BCUT2D eigenvalue weighted by Crippen LogP contribution is 2.13. The van der Waals surface area contributed by atoms with Gasteiger partial charge in [0, 0.05) is 0 Å². The molecular formula is C20H20O2. The Bertz CT molecular complexity index is 588. The predicted octanol–water partition coefficient (Wildman–Crippen LogP) is 4.99. The van der Waals surface area contributed by atoms with Crippen molar-refractivity contribution in [2.75, 3.05) is 14.2 Å². The third kappa shape index (κ3) is 4.98. The number of benzene rings is 2. The van der Waals surface area contributed by atoms with Crippen LogP contribution in [0.3, 0.4) is 0 Å². The van der Waals surface area contributed by atoms with Gasteiger partial charge in [0.05, 0.1) is 14.2 Å². The zero-order valence-corrected chi connectivity index (χ0v) is 12.9. The first kappa shape index (κ1) is 15.6. The van der Waals surface area contributed by atoms with Crippen molar-refractivity contribution < 1.29 is 9.47 Å². The van der Waals surface area contributed by atoms with Crippen LogP contribution in [0.2, 0.25) is 0 Å². The molecule has 0 spiro atoms. The summed E-state index contributed by atoms with van der Waals surface area (Å²) >= 11 is 0. The summed E-state index contributed by atoms with van der Waals surface area (Å²) < 4.78 is 10.3. The Kier molecular flexibility index (Phi) is 6.06. The lowest BCUT2D eigenvalue weighted by atomic mass is 10.2. The highest BCUT2D eigenvalue weighted by atomic mass is 16.5. The van der Waals surface area contributed by atoms with Crippen molar-refractivity contribution in [3.05, 3.63) is 84.0 Å². The minimum absolute atomic E-state index is 0.870. The van der Waals surface area contributed by atoms with Crippen LogP contribution in [-0.4, -0.2) is 14.2 Å². The molecule has 22 heavy (non-hydrogen) atoms. The van der Waals surface area contributed by atoms with E-state index in [9.17, 15) is 0 Å². The van der Waals surface area contributed by atoms with Crippen LogP contribution in [-0.2, 0) is 0 Å². The Hall–Kier alpha value is -2.74. The Labute approximate surface area is 132 Å². The first-order valence-electron chi connectivity index (χ1n) is 7.11. The first-order valence-corrected chi connectivity index (χ1v) is 7.11. The quantitative estimate of drug-likeness (QED) is 0.699. The van der Waals surface area contributed by atoms with Gasteiger partial charge in [0.25, 0.3) is 0 Å². The molecule has 0 aliphatic rings. The molecule has 0 aromatic heterocycles. The molecule has 0 amide bonds. The number of hydrogen-bond donors (Lipinski definition) is 0. The molecule has 0 N–H and O–H groups in total. The maximum Gasteiger partial charge on any atom is 0.118 e. The minimum Gasteiger partial charge on any atom is -0.497 e. The molecule has 2 aromatic carbocycles. The molecule has 0 fully saturated rings. The Morgan fingerprint density at radius 3 is 1.23 bits per heavy atom. The molecule has 2 heteroatoms. The molecule has 0 saturated heterocycles. The molecule has 0 radical (unpaired) electrons. The second-order valence-corrected chi connectivity index (χ2v) is 4.65. The summed E-state index contributed by atoms with van der Waals surface area (Å²) in [4.78, 5) is 0. The van der Waals surface area contributed by atoms with Crippen LogP contribution in [0.1, 0.15) is 11.1 Å². The van der Waals surface area contributed by atoms with Gasteiger partial charge in [-0.3, -0.25) is 0 Å². The average Bonchev–Trinajstić information content (AvgIpc) is 2.59. The third-order valence-electron chi connectivity index (χ3n) is 3.14. The van der Waals surface area contributed by atoms with E-state index in [1.165, 1.54) is 0 Å². The van der Waals surface area contributed by atoms with Crippen LogP contribution in [0.15, 0.2) is 72.8 Å². The number of rotatable bonds is 6. The van der Waals surface area contributed by atoms with Crippen molar-refractivity contribution >= 4 is 12.2 Å².